The summed E-state index contributed by atoms with van der Waals surface area (Å²) in [5.41, 5.74) is 1.62. The van der Waals surface area contributed by atoms with Gasteiger partial charge in [-0.3, -0.25) is 0 Å². The van der Waals surface area contributed by atoms with E-state index in [4.69, 9.17) is 9.47 Å². The molecule has 0 spiro atoms. The van der Waals surface area contributed by atoms with Crippen LogP contribution in [0, 0.1) is 0 Å². The minimum atomic E-state index is -0.593. The number of carbonyl (C=O) groups excluding carboxylic acids is 2. The average Bonchev–Trinajstić information content (AvgIpc) is 3.11. The quantitative estimate of drug-likeness (QED) is 0.164. The van der Waals surface area contributed by atoms with E-state index in [1.54, 1.807) is 48.5 Å². The number of carbonyl (C=O) groups is 2. The Balaban J connectivity index is 1.69. The van der Waals surface area contributed by atoms with Crippen molar-refractivity contribution in [1.82, 2.24) is 0 Å². The average molecular weight is 685 g/mol. The molecule has 9 heteroatoms. The van der Waals surface area contributed by atoms with Gasteiger partial charge in [0.1, 0.15) is 0 Å². The maximum absolute atomic E-state index is 12.7. The molecule has 1 aliphatic heterocycles. The first-order chi connectivity index (χ1) is 15.3. The first-order valence-electron chi connectivity index (χ1n) is 9.05. The summed E-state index contributed by atoms with van der Waals surface area (Å²) in [5, 5.41) is 0. The third kappa shape index (κ3) is 5.28. The molecule has 0 aliphatic carbocycles. The van der Waals surface area contributed by atoms with E-state index in [9.17, 15) is 9.59 Å². The number of benzene rings is 3. The van der Waals surface area contributed by atoms with Crippen molar-refractivity contribution >= 4 is 87.6 Å². The van der Waals surface area contributed by atoms with Crippen molar-refractivity contribution in [2.45, 2.75) is 0 Å². The molecule has 3 aromatic carbocycles. The summed E-state index contributed by atoms with van der Waals surface area (Å²) in [6, 6.07) is 17.5. The lowest BCUT2D eigenvalue weighted by molar-refractivity contribution is -0.129. The standard InChI is InChI=1S/C23H11Br4NO4/c24-15-5-1-12(2-6-15)21-28-19(23(30)32-21)10-14-9-17(26)11-18(27)20(14)31-22(29)13-3-7-16(25)8-4-13/h1-11H/b19-10-. The third-order valence-electron chi connectivity index (χ3n) is 4.32. The van der Waals surface area contributed by atoms with Crippen molar-refractivity contribution in [3.05, 3.63) is 101 Å². The number of rotatable bonds is 4. The SMILES string of the molecule is O=C1OC(c2ccc(Br)cc2)=N/C1=C\c1cc(Br)cc(Br)c1OC(=O)c1ccc(Br)cc1. The molecule has 0 atom stereocenters. The predicted octanol–water partition coefficient (Wildman–Crippen LogP) is 7.30. The summed E-state index contributed by atoms with van der Waals surface area (Å²) in [6.07, 6.45) is 1.52. The topological polar surface area (TPSA) is 65.0 Å². The van der Waals surface area contributed by atoms with Crippen molar-refractivity contribution in [2.75, 3.05) is 0 Å². The van der Waals surface area contributed by atoms with Crippen LogP contribution < -0.4 is 4.74 Å². The second-order valence-corrected chi connectivity index (χ2v) is 10.1. The lowest BCUT2D eigenvalue weighted by atomic mass is 10.1. The molecule has 0 saturated heterocycles. The van der Waals surface area contributed by atoms with Crippen LogP contribution >= 0.6 is 63.7 Å². The highest BCUT2D eigenvalue weighted by molar-refractivity contribution is 9.11. The van der Waals surface area contributed by atoms with E-state index < -0.39 is 11.9 Å². The predicted molar refractivity (Wildman–Crippen MR) is 136 cm³/mol. The monoisotopic (exact) mass is 681 g/mol. The first-order valence-corrected chi connectivity index (χ1v) is 12.2. The van der Waals surface area contributed by atoms with Crippen LogP contribution in [-0.2, 0) is 9.53 Å². The van der Waals surface area contributed by atoms with Gasteiger partial charge in [-0.15, -0.1) is 0 Å². The van der Waals surface area contributed by atoms with Gasteiger partial charge in [-0.25, -0.2) is 14.6 Å². The van der Waals surface area contributed by atoms with E-state index in [2.05, 4.69) is 68.7 Å². The van der Waals surface area contributed by atoms with Crippen LogP contribution in [0.25, 0.3) is 6.08 Å². The number of nitrogens with zero attached hydrogens (tertiary/aromatic N) is 1. The van der Waals surface area contributed by atoms with Gasteiger partial charge in [0.25, 0.3) is 0 Å². The largest absolute Gasteiger partial charge is 0.421 e. The Kier molecular flexibility index (Phi) is 7.09. The molecule has 0 N–H and O–H groups in total. The second-order valence-electron chi connectivity index (χ2n) is 6.55. The number of aliphatic imine (C=N–C) groups is 1. The zero-order valence-corrected chi connectivity index (χ0v) is 22.3. The van der Waals surface area contributed by atoms with Gasteiger partial charge in [0.15, 0.2) is 11.4 Å². The van der Waals surface area contributed by atoms with Crippen molar-refractivity contribution < 1.29 is 19.1 Å². The van der Waals surface area contributed by atoms with Gasteiger partial charge >= 0.3 is 11.9 Å². The minimum Gasteiger partial charge on any atom is -0.421 e. The molecule has 0 fully saturated rings. The number of cyclic esters (lactones) is 1. The van der Waals surface area contributed by atoms with Gasteiger partial charge in [-0.1, -0.05) is 47.8 Å². The normalized spacial score (nSPS) is 14.3. The fraction of sp³-hybridized carbons (Fsp3) is 0. The fourth-order valence-corrected chi connectivity index (χ4v) is 4.67. The number of halogens is 4. The number of hydrogen-bond acceptors (Lipinski definition) is 5. The van der Waals surface area contributed by atoms with Crippen LogP contribution in [0.3, 0.4) is 0 Å². The van der Waals surface area contributed by atoms with Crippen molar-refractivity contribution in [1.29, 1.82) is 0 Å². The molecule has 0 amide bonds. The van der Waals surface area contributed by atoms with Crippen LogP contribution in [0.4, 0.5) is 0 Å². The zero-order chi connectivity index (χ0) is 22.8. The molecule has 0 radical (unpaired) electrons. The van der Waals surface area contributed by atoms with Crippen molar-refractivity contribution in [3.8, 4) is 5.75 Å². The van der Waals surface area contributed by atoms with E-state index in [1.165, 1.54) is 6.08 Å². The molecule has 32 heavy (non-hydrogen) atoms. The fourth-order valence-electron chi connectivity index (χ4n) is 2.81. The number of esters is 2. The zero-order valence-electron chi connectivity index (χ0n) is 15.9. The summed E-state index contributed by atoms with van der Waals surface area (Å²) in [4.78, 5) is 29.4. The molecule has 3 aromatic rings. The van der Waals surface area contributed by atoms with Crippen LogP contribution in [0.1, 0.15) is 21.5 Å². The highest BCUT2D eigenvalue weighted by Crippen LogP contribution is 2.36. The molecule has 1 heterocycles. The Hall–Kier alpha value is -2.07. The lowest BCUT2D eigenvalue weighted by Crippen LogP contribution is -2.10. The first kappa shape index (κ1) is 23.1. The Bertz CT molecular complexity index is 1280. The lowest BCUT2D eigenvalue weighted by Gasteiger charge is -2.11. The Labute approximate surface area is 217 Å². The van der Waals surface area contributed by atoms with Crippen LogP contribution in [-0.4, -0.2) is 17.8 Å². The molecule has 0 saturated carbocycles. The third-order valence-corrected chi connectivity index (χ3v) is 6.42. The summed E-state index contributed by atoms with van der Waals surface area (Å²) in [7, 11) is 0. The summed E-state index contributed by atoms with van der Waals surface area (Å²) in [6.45, 7) is 0. The molecule has 0 aromatic heterocycles. The Morgan fingerprint density at radius 1 is 0.875 bits per heavy atom. The van der Waals surface area contributed by atoms with Crippen molar-refractivity contribution in [3.63, 3.8) is 0 Å². The van der Waals surface area contributed by atoms with Gasteiger partial charge in [0, 0.05) is 24.5 Å². The van der Waals surface area contributed by atoms with E-state index in [-0.39, 0.29) is 17.3 Å². The summed E-state index contributed by atoms with van der Waals surface area (Å²) in [5.74, 6) is -0.664. The highest BCUT2D eigenvalue weighted by atomic mass is 79.9. The molecule has 1 aliphatic rings. The second kappa shape index (κ2) is 9.82. The van der Waals surface area contributed by atoms with Gasteiger partial charge in [-0.2, -0.15) is 0 Å². The molecular weight excluding hydrogens is 674 g/mol. The van der Waals surface area contributed by atoms with Crippen molar-refractivity contribution in [2.24, 2.45) is 4.99 Å². The highest BCUT2D eigenvalue weighted by Gasteiger charge is 2.25. The summed E-state index contributed by atoms with van der Waals surface area (Å²) < 4.78 is 14.0. The molecule has 5 nitrogen and oxygen atoms in total. The molecular formula is C23H11Br4NO4. The maximum atomic E-state index is 12.7. The number of hydrogen-bond donors (Lipinski definition) is 0. The molecule has 160 valence electrons. The molecule has 0 unspecified atom stereocenters. The van der Waals surface area contributed by atoms with Crippen LogP contribution in [0.5, 0.6) is 5.75 Å². The molecule has 4 rings (SSSR count). The van der Waals surface area contributed by atoms with Gasteiger partial charge in [-0.05, 0) is 82.7 Å². The smallest absolute Gasteiger partial charge is 0.363 e. The Morgan fingerprint density at radius 3 is 2.16 bits per heavy atom. The maximum Gasteiger partial charge on any atom is 0.363 e. The minimum absolute atomic E-state index is 0.0915. The summed E-state index contributed by atoms with van der Waals surface area (Å²) >= 11 is 13.6. The van der Waals surface area contributed by atoms with E-state index in [1.807, 2.05) is 12.1 Å². The van der Waals surface area contributed by atoms with Gasteiger partial charge in [0.05, 0.1) is 10.0 Å². The van der Waals surface area contributed by atoms with E-state index in [0.29, 0.717) is 21.2 Å². The Morgan fingerprint density at radius 2 is 1.50 bits per heavy atom. The number of ether oxygens (including phenoxy) is 2. The van der Waals surface area contributed by atoms with E-state index >= 15 is 0 Å². The molecule has 0 bridgehead atoms. The van der Waals surface area contributed by atoms with E-state index in [0.717, 1.165) is 13.4 Å². The van der Waals surface area contributed by atoms with Crippen LogP contribution in [0.15, 0.2) is 89.2 Å². The van der Waals surface area contributed by atoms with Gasteiger partial charge < -0.3 is 9.47 Å². The van der Waals surface area contributed by atoms with Gasteiger partial charge in [0.2, 0.25) is 5.90 Å². The van der Waals surface area contributed by atoms with Crippen LogP contribution in [0.2, 0.25) is 0 Å².